The van der Waals surface area contributed by atoms with Gasteiger partial charge in [-0.05, 0) is 98.4 Å². The Hall–Kier alpha value is -4.58. The molecule has 0 spiro atoms. The molecule has 0 bridgehead atoms. The van der Waals surface area contributed by atoms with Crippen LogP contribution in [0.2, 0.25) is 0 Å². The number of rotatable bonds is 10. The first-order valence-electron chi connectivity index (χ1n) is 15.7. The Labute approximate surface area is 275 Å². The topological polar surface area (TPSA) is 161 Å². The number of hydrogen-bond donors (Lipinski definition) is 3. The van der Waals surface area contributed by atoms with Crippen LogP contribution in [0.4, 0.5) is 4.79 Å². The summed E-state index contributed by atoms with van der Waals surface area (Å²) in [4.78, 5) is 30.0. The first-order chi connectivity index (χ1) is 22.2. The number of aliphatic imine (C=N–C) groups is 1. The Morgan fingerprint density at radius 2 is 1.66 bits per heavy atom. The van der Waals surface area contributed by atoms with E-state index < -0.39 is 28.6 Å². The van der Waals surface area contributed by atoms with Crippen LogP contribution in [0.3, 0.4) is 0 Å². The predicted molar refractivity (Wildman–Crippen MR) is 179 cm³/mol. The van der Waals surface area contributed by atoms with Crippen LogP contribution in [0.25, 0.3) is 11.1 Å². The van der Waals surface area contributed by atoms with Crippen LogP contribution in [0.15, 0.2) is 58.4 Å². The van der Waals surface area contributed by atoms with E-state index in [0.29, 0.717) is 17.5 Å². The summed E-state index contributed by atoms with van der Waals surface area (Å²) < 4.78 is 41.2. The summed E-state index contributed by atoms with van der Waals surface area (Å²) in [5, 5.41) is 9.44. The minimum absolute atomic E-state index is 0.0189. The van der Waals surface area contributed by atoms with Gasteiger partial charge in [0.15, 0.2) is 0 Å². The lowest BCUT2D eigenvalue weighted by molar-refractivity contribution is -0.138. The molecule has 250 valence electrons. The van der Waals surface area contributed by atoms with Crippen molar-refractivity contribution in [3.05, 3.63) is 81.9 Å². The zero-order valence-electron chi connectivity index (χ0n) is 27.4. The largest absolute Gasteiger partial charge is 0.487 e. The van der Waals surface area contributed by atoms with Gasteiger partial charge < -0.3 is 20.3 Å². The molecule has 47 heavy (non-hydrogen) atoms. The lowest BCUT2D eigenvalue weighted by Gasteiger charge is -2.35. The van der Waals surface area contributed by atoms with Crippen molar-refractivity contribution in [1.82, 2.24) is 9.62 Å². The second-order valence-corrected chi connectivity index (χ2v) is 14.3. The van der Waals surface area contributed by atoms with Crippen molar-refractivity contribution in [3.63, 3.8) is 0 Å². The molecule has 0 atom stereocenters. The maximum absolute atomic E-state index is 13.5. The molecule has 0 radical (unpaired) electrons. The van der Waals surface area contributed by atoms with E-state index in [4.69, 9.17) is 15.2 Å². The number of nitrogens with one attached hydrogen (secondary N) is 1. The molecule has 1 aliphatic heterocycles. The molecule has 12 heteroatoms. The minimum Gasteiger partial charge on any atom is -0.487 e. The number of carbonyl (C=O) groups excluding carboxylic acids is 1. The van der Waals surface area contributed by atoms with Crippen molar-refractivity contribution in [2.75, 3.05) is 26.2 Å². The maximum Gasteiger partial charge on any atom is 0.410 e. The van der Waals surface area contributed by atoms with Gasteiger partial charge in [-0.15, -0.1) is 0 Å². The Balaban J connectivity index is 1.21. The fraction of sp³-hybridized carbons (Fsp3) is 0.400. The summed E-state index contributed by atoms with van der Waals surface area (Å²) in [6.45, 7) is 8.97. The number of hydrogen-bond acceptors (Lipinski definition) is 7. The quantitative estimate of drug-likeness (QED) is 0.155. The first-order valence-corrected chi connectivity index (χ1v) is 17.1. The SMILES string of the molecule is Cc1c(C)c(S(=O)(=O)NC(N)=NCCCN(CC(=O)O)C(=O)OCC2c3ccccc3-c3ccccc32)c(C)c2c1OC(C)(C)CC2. The molecule has 3 aromatic rings. The van der Waals surface area contributed by atoms with Gasteiger partial charge in [-0.2, -0.15) is 0 Å². The number of carboxylic acid groups (broad SMARTS) is 1. The molecule has 0 aromatic heterocycles. The number of carbonyl (C=O) groups is 2. The Bertz CT molecular complexity index is 1810. The Morgan fingerprint density at radius 1 is 1.04 bits per heavy atom. The van der Waals surface area contributed by atoms with Crippen molar-refractivity contribution in [2.45, 2.75) is 70.3 Å². The highest BCUT2D eigenvalue weighted by Gasteiger charge is 2.34. The molecule has 0 fully saturated rings. The van der Waals surface area contributed by atoms with E-state index in [1.807, 2.05) is 69.3 Å². The van der Waals surface area contributed by atoms with Crippen molar-refractivity contribution in [3.8, 4) is 16.9 Å². The fourth-order valence-electron chi connectivity index (χ4n) is 6.52. The van der Waals surface area contributed by atoms with Crippen LogP contribution in [0.5, 0.6) is 5.75 Å². The van der Waals surface area contributed by atoms with Gasteiger partial charge in [-0.3, -0.25) is 14.7 Å². The number of guanidine groups is 1. The molecule has 5 rings (SSSR count). The zero-order chi connectivity index (χ0) is 34.1. The molecular weight excluding hydrogens is 620 g/mol. The van der Waals surface area contributed by atoms with Gasteiger partial charge in [0, 0.05) is 19.0 Å². The molecule has 1 heterocycles. The van der Waals surface area contributed by atoms with Crippen molar-refractivity contribution in [1.29, 1.82) is 0 Å². The summed E-state index contributed by atoms with van der Waals surface area (Å²) in [7, 11) is -4.07. The van der Waals surface area contributed by atoms with Crippen molar-refractivity contribution >= 4 is 28.0 Å². The summed E-state index contributed by atoms with van der Waals surface area (Å²) in [5.41, 5.74) is 12.8. The number of nitrogens with zero attached hydrogens (tertiary/aromatic N) is 2. The number of nitrogens with two attached hydrogens (primary N) is 1. The molecule has 3 aromatic carbocycles. The van der Waals surface area contributed by atoms with Crippen molar-refractivity contribution in [2.24, 2.45) is 10.7 Å². The second-order valence-electron chi connectivity index (χ2n) is 12.7. The second kappa shape index (κ2) is 13.3. The molecule has 11 nitrogen and oxygen atoms in total. The number of aliphatic carboxylic acids is 1. The minimum atomic E-state index is -4.07. The van der Waals surface area contributed by atoms with Crippen LogP contribution in [-0.2, 0) is 26.0 Å². The van der Waals surface area contributed by atoms with E-state index in [1.54, 1.807) is 13.8 Å². The van der Waals surface area contributed by atoms with Crippen LogP contribution in [0, 0.1) is 20.8 Å². The summed E-state index contributed by atoms with van der Waals surface area (Å²) in [6.07, 6.45) is 0.920. The van der Waals surface area contributed by atoms with E-state index >= 15 is 0 Å². The molecule has 4 N–H and O–H groups in total. The van der Waals surface area contributed by atoms with Gasteiger partial charge in [-0.1, -0.05) is 48.5 Å². The average Bonchev–Trinajstić information content (AvgIpc) is 3.32. The lowest BCUT2D eigenvalue weighted by Crippen LogP contribution is -2.39. The lowest BCUT2D eigenvalue weighted by atomic mass is 9.88. The molecule has 1 amide bonds. The van der Waals surface area contributed by atoms with Gasteiger partial charge in [0.1, 0.15) is 24.5 Å². The molecule has 2 aliphatic rings. The van der Waals surface area contributed by atoms with Gasteiger partial charge in [0.25, 0.3) is 10.0 Å². The maximum atomic E-state index is 13.5. The van der Waals surface area contributed by atoms with Crippen LogP contribution >= 0.6 is 0 Å². The Kier molecular flexibility index (Phi) is 9.53. The van der Waals surface area contributed by atoms with E-state index in [0.717, 1.165) is 50.5 Å². The van der Waals surface area contributed by atoms with Gasteiger partial charge >= 0.3 is 12.1 Å². The number of sulfonamides is 1. The van der Waals surface area contributed by atoms with Gasteiger partial charge in [-0.25, -0.2) is 17.9 Å². The smallest absolute Gasteiger partial charge is 0.410 e. The number of amides is 1. The normalized spacial score (nSPS) is 15.2. The third-order valence-electron chi connectivity index (χ3n) is 8.96. The Morgan fingerprint density at radius 3 is 2.28 bits per heavy atom. The molecule has 0 unspecified atom stereocenters. The highest BCUT2D eigenvalue weighted by molar-refractivity contribution is 7.90. The summed E-state index contributed by atoms with van der Waals surface area (Å²) in [6, 6.07) is 15.9. The predicted octanol–water partition coefficient (Wildman–Crippen LogP) is 5.03. The highest BCUT2D eigenvalue weighted by Crippen LogP contribution is 2.45. The van der Waals surface area contributed by atoms with E-state index in [9.17, 15) is 23.1 Å². The van der Waals surface area contributed by atoms with Crippen LogP contribution in [-0.4, -0.2) is 68.3 Å². The van der Waals surface area contributed by atoms with Crippen LogP contribution < -0.4 is 15.2 Å². The third-order valence-corrected chi connectivity index (χ3v) is 10.6. The zero-order valence-corrected chi connectivity index (χ0v) is 28.2. The first kappa shape index (κ1) is 33.8. The molecule has 0 saturated heterocycles. The van der Waals surface area contributed by atoms with Gasteiger partial charge in [0.05, 0.1) is 4.90 Å². The van der Waals surface area contributed by atoms with Crippen molar-refractivity contribution < 1.29 is 32.6 Å². The number of carboxylic acids is 1. The third kappa shape index (κ3) is 7.07. The standard InChI is InChI=1S/C35H42N4O7S/c1-21-22(2)32(23(3)24-15-16-35(4,5)46-31(21)24)47(43,44)38-33(36)37-17-10-18-39(19-30(40)41)34(42)45-20-29-27-13-8-6-11-25(27)26-12-7-9-14-28(26)29/h6-9,11-14,29H,10,15-20H2,1-5H3,(H,40,41)(H3,36,37,38). The number of ether oxygens (including phenoxy) is 2. The van der Waals surface area contributed by atoms with Crippen LogP contribution in [0.1, 0.15) is 66.0 Å². The van der Waals surface area contributed by atoms with E-state index in [2.05, 4.69) is 9.71 Å². The van der Waals surface area contributed by atoms with E-state index in [1.165, 1.54) is 0 Å². The number of fused-ring (bicyclic) bond motifs is 4. The molecule has 0 saturated carbocycles. The fourth-order valence-corrected chi connectivity index (χ4v) is 8.04. The van der Waals surface area contributed by atoms with Gasteiger partial charge in [0.2, 0.25) is 5.96 Å². The highest BCUT2D eigenvalue weighted by atomic mass is 32.2. The summed E-state index contributed by atoms with van der Waals surface area (Å²) in [5.74, 6) is -0.919. The molecule has 1 aliphatic carbocycles. The summed E-state index contributed by atoms with van der Waals surface area (Å²) >= 11 is 0. The molecular formula is C35H42N4O7S. The average molecular weight is 663 g/mol. The number of benzene rings is 3. The monoisotopic (exact) mass is 662 g/mol. The van der Waals surface area contributed by atoms with E-state index in [-0.39, 0.29) is 48.5 Å².